The lowest BCUT2D eigenvalue weighted by Gasteiger charge is -2.18. The first-order valence-corrected chi connectivity index (χ1v) is 6.87. The van der Waals surface area contributed by atoms with E-state index in [1.165, 1.54) is 19.3 Å². The lowest BCUT2D eigenvalue weighted by Crippen LogP contribution is -2.32. The maximum absolute atomic E-state index is 9.94. The van der Waals surface area contributed by atoms with Crippen LogP contribution in [0.1, 0.15) is 44.3 Å². The number of nitrogens with one attached hydrogen (secondary N) is 1. The van der Waals surface area contributed by atoms with E-state index in [1.807, 2.05) is 30.3 Å². The molecule has 2 unspecified atom stereocenters. The summed E-state index contributed by atoms with van der Waals surface area (Å²) in [6, 6.07) is 9.28. The predicted octanol–water partition coefficient (Wildman–Crippen LogP) is 2.25. The molecule has 0 saturated carbocycles. The van der Waals surface area contributed by atoms with E-state index in [0.717, 1.165) is 18.5 Å². The summed E-state index contributed by atoms with van der Waals surface area (Å²) in [5, 5.41) is 23.0. The fraction of sp³-hybridized carbons (Fsp3) is 0.600. The Kier molecular flexibility index (Phi) is 7.65. The average molecular weight is 251 g/mol. The molecule has 3 heteroatoms. The fourth-order valence-corrected chi connectivity index (χ4v) is 1.91. The van der Waals surface area contributed by atoms with Crippen LogP contribution in [0.25, 0.3) is 0 Å². The zero-order valence-electron chi connectivity index (χ0n) is 11.2. The van der Waals surface area contributed by atoms with Crippen molar-refractivity contribution in [3.8, 4) is 0 Å². The second-order valence-corrected chi connectivity index (χ2v) is 4.69. The van der Waals surface area contributed by atoms with Crippen LogP contribution < -0.4 is 5.32 Å². The highest BCUT2D eigenvalue weighted by molar-refractivity contribution is 5.18. The zero-order chi connectivity index (χ0) is 13.2. The van der Waals surface area contributed by atoms with Crippen molar-refractivity contribution >= 4 is 0 Å². The number of hydrogen-bond donors (Lipinski definition) is 3. The third-order valence-corrected chi connectivity index (χ3v) is 3.07. The Morgan fingerprint density at radius 1 is 1.06 bits per heavy atom. The molecule has 0 spiro atoms. The Labute approximate surface area is 110 Å². The summed E-state index contributed by atoms with van der Waals surface area (Å²) in [7, 11) is 0. The van der Waals surface area contributed by atoms with Crippen LogP contribution in [0.2, 0.25) is 0 Å². The highest BCUT2D eigenvalue weighted by Gasteiger charge is 2.17. The number of benzene rings is 1. The molecule has 1 aromatic carbocycles. The van der Waals surface area contributed by atoms with E-state index in [2.05, 4.69) is 12.2 Å². The van der Waals surface area contributed by atoms with Gasteiger partial charge in [0, 0.05) is 6.54 Å². The molecule has 1 rings (SSSR count). The largest absolute Gasteiger partial charge is 0.389 e. The van der Waals surface area contributed by atoms with Crippen molar-refractivity contribution in [3.63, 3.8) is 0 Å². The molecule has 0 aliphatic rings. The van der Waals surface area contributed by atoms with Crippen molar-refractivity contribution in [2.24, 2.45) is 0 Å². The molecule has 18 heavy (non-hydrogen) atoms. The van der Waals surface area contributed by atoms with Crippen molar-refractivity contribution in [3.05, 3.63) is 35.9 Å². The van der Waals surface area contributed by atoms with Gasteiger partial charge in [-0.05, 0) is 18.5 Å². The number of aliphatic hydroxyl groups is 2. The number of rotatable bonds is 9. The van der Waals surface area contributed by atoms with E-state index < -0.39 is 12.2 Å². The summed E-state index contributed by atoms with van der Waals surface area (Å²) in [6.45, 7) is 3.52. The first kappa shape index (κ1) is 15.2. The van der Waals surface area contributed by atoms with Crippen LogP contribution in [0.15, 0.2) is 30.3 Å². The first-order chi connectivity index (χ1) is 8.75. The summed E-state index contributed by atoms with van der Waals surface area (Å²) < 4.78 is 0. The van der Waals surface area contributed by atoms with Gasteiger partial charge in [-0.1, -0.05) is 56.5 Å². The second-order valence-electron chi connectivity index (χ2n) is 4.69. The Balaban J connectivity index is 2.18. The van der Waals surface area contributed by atoms with Crippen LogP contribution in [0.5, 0.6) is 0 Å². The quantitative estimate of drug-likeness (QED) is 0.590. The lowest BCUT2D eigenvalue weighted by molar-refractivity contribution is 0.0192. The Bertz CT molecular complexity index is 303. The number of unbranched alkanes of at least 4 members (excludes halogenated alkanes) is 3. The standard InChI is InChI=1S/C15H25NO2/c1-2-3-4-8-11-16-12-14(17)15(18)13-9-6-5-7-10-13/h5-7,9-10,14-18H,2-4,8,11-12H2,1H3. The van der Waals surface area contributed by atoms with E-state index in [-0.39, 0.29) is 0 Å². The minimum Gasteiger partial charge on any atom is -0.389 e. The summed E-state index contributed by atoms with van der Waals surface area (Å²) >= 11 is 0. The van der Waals surface area contributed by atoms with Gasteiger partial charge in [-0.25, -0.2) is 0 Å². The molecular weight excluding hydrogens is 226 g/mol. The SMILES string of the molecule is CCCCCCNCC(O)C(O)c1ccccc1. The lowest BCUT2D eigenvalue weighted by atomic mass is 10.0. The van der Waals surface area contributed by atoms with Crippen LogP contribution in [0.4, 0.5) is 0 Å². The Morgan fingerprint density at radius 3 is 2.44 bits per heavy atom. The van der Waals surface area contributed by atoms with Crippen LogP contribution in [0.3, 0.4) is 0 Å². The minimum atomic E-state index is -0.811. The zero-order valence-corrected chi connectivity index (χ0v) is 11.2. The van der Waals surface area contributed by atoms with Gasteiger partial charge in [0.05, 0.1) is 6.10 Å². The molecular formula is C15H25NO2. The van der Waals surface area contributed by atoms with Crippen molar-refractivity contribution < 1.29 is 10.2 Å². The highest BCUT2D eigenvalue weighted by atomic mass is 16.3. The number of aliphatic hydroxyl groups excluding tert-OH is 2. The molecule has 0 heterocycles. The smallest absolute Gasteiger partial charge is 0.106 e. The molecule has 0 aliphatic carbocycles. The van der Waals surface area contributed by atoms with Crippen molar-refractivity contribution in [2.75, 3.05) is 13.1 Å². The summed E-state index contributed by atoms with van der Waals surface area (Å²) in [5.41, 5.74) is 0.762. The maximum atomic E-state index is 9.94. The Hall–Kier alpha value is -0.900. The minimum absolute atomic E-state index is 0.433. The van der Waals surface area contributed by atoms with Crippen molar-refractivity contribution in [2.45, 2.75) is 44.8 Å². The third-order valence-electron chi connectivity index (χ3n) is 3.07. The van der Waals surface area contributed by atoms with Crippen LogP contribution in [-0.4, -0.2) is 29.4 Å². The van der Waals surface area contributed by atoms with E-state index in [0.29, 0.717) is 6.54 Å². The molecule has 0 saturated heterocycles. The topological polar surface area (TPSA) is 52.5 Å². The summed E-state index contributed by atoms with van der Waals surface area (Å²) in [4.78, 5) is 0. The predicted molar refractivity (Wildman–Crippen MR) is 74.4 cm³/mol. The van der Waals surface area contributed by atoms with E-state index >= 15 is 0 Å². The molecule has 0 aliphatic heterocycles. The fourth-order valence-electron chi connectivity index (χ4n) is 1.91. The van der Waals surface area contributed by atoms with Crippen molar-refractivity contribution in [1.82, 2.24) is 5.32 Å². The molecule has 102 valence electrons. The number of hydrogen-bond acceptors (Lipinski definition) is 3. The van der Waals surface area contributed by atoms with Gasteiger partial charge in [-0.2, -0.15) is 0 Å². The van der Waals surface area contributed by atoms with Gasteiger partial charge in [0.1, 0.15) is 6.10 Å². The maximum Gasteiger partial charge on any atom is 0.106 e. The van der Waals surface area contributed by atoms with Gasteiger partial charge < -0.3 is 15.5 Å². The molecule has 0 radical (unpaired) electrons. The molecule has 0 bridgehead atoms. The second kappa shape index (κ2) is 9.09. The van der Waals surface area contributed by atoms with E-state index in [9.17, 15) is 10.2 Å². The van der Waals surface area contributed by atoms with Crippen LogP contribution in [-0.2, 0) is 0 Å². The molecule has 2 atom stereocenters. The van der Waals surface area contributed by atoms with Gasteiger partial charge in [0.2, 0.25) is 0 Å². The average Bonchev–Trinajstić information content (AvgIpc) is 2.42. The highest BCUT2D eigenvalue weighted by Crippen LogP contribution is 2.15. The van der Waals surface area contributed by atoms with Gasteiger partial charge in [0.15, 0.2) is 0 Å². The molecule has 1 aromatic rings. The van der Waals surface area contributed by atoms with Crippen molar-refractivity contribution in [1.29, 1.82) is 0 Å². The molecule has 3 N–H and O–H groups in total. The van der Waals surface area contributed by atoms with Gasteiger partial charge >= 0.3 is 0 Å². The normalized spacial score (nSPS) is 14.4. The van der Waals surface area contributed by atoms with Gasteiger partial charge in [0.25, 0.3) is 0 Å². The monoisotopic (exact) mass is 251 g/mol. The van der Waals surface area contributed by atoms with Crippen LogP contribution >= 0.6 is 0 Å². The van der Waals surface area contributed by atoms with Crippen LogP contribution in [0, 0.1) is 0 Å². The van der Waals surface area contributed by atoms with E-state index in [1.54, 1.807) is 0 Å². The third kappa shape index (κ3) is 5.63. The van der Waals surface area contributed by atoms with Gasteiger partial charge in [-0.15, -0.1) is 0 Å². The molecule has 0 aromatic heterocycles. The first-order valence-electron chi connectivity index (χ1n) is 6.87. The van der Waals surface area contributed by atoms with Gasteiger partial charge in [-0.3, -0.25) is 0 Å². The Morgan fingerprint density at radius 2 is 1.78 bits per heavy atom. The molecule has 0 amide bonds. The molecule has 0 fully saturated rings. The van der Waals surface area contributed by atoms with E-state index in [4.69, 9.17) is 0 Å². The summed E-state index contributed by atoms with van der Waals surface area (Å²) in [5.74, 6) is 0. The summed E-state index contributed by atoms with van der Waals surface area (Å²) in [6.07, 6.45) is 3.28. The molecule has 3 nitrogen and oxygen atoms in total.